The molecule has 0 radical (unpaired) electrons. The average Bonchev–Trinajstić information content (AvgIpc) is 3.00. The Balaban J connectivity index is 1.84. The number of rotatable bonds is 1. The lowest BCUT2D eigenvalue weighted by molar-refractivity contribution is 0.257. The molecule has 92 valence electrons. The van der Waals surface area contributed by atoms with Crippen molar-refractivity contribution in [2.75, 3.05) is 24.6 Å². The van der Waals surface area contributed by atoms with Crippen LogP contribution in [-0.4, -0.2) is 25.3 Å². The van der Waals surface area contributed by atoms with E-state index in [1.165, 1.54) is 12.1 Å². The fourth-order valence-electron chi connectivity index (χ4n) is 2.37. The summed E-state index contributed by atoms with van der Waals surface area (Å²) in [6.45, 7) is 2.09. The second kappa shape index (κ2) is 3.92. The van der Waals surface area contributed by atoms with Crippen LogP contribution in [0.25, 0.3) is 0 Å². The fourth-order valence-corrected chi connectivity index (χ4v) is 2.77. The van der Waals surface area contributed by atoms with E-state index in [1.807, 2.05) is 0 Å². The van der Waals surface area contributed by atoms with Gasteiger partial charge in [0.15, 0.2) is 11.6 Å². The van der Waals surface area contributed by atoms with Gasteiger partial charge in [0.25, 0.3) is 0 Å². The van der Waals surface area contributed by atoms with E-state index in [4.69, 9.17) is 4.74 Å². The van der Waals surface area contributed by atoms with Crippen molar-refractivity contribution in [3.05, 3.63) is 28.2 Å². The van der Waals surface area contributed by atoms with Crippen molar-refractivity contribution >= 4 is 21.6 Å². The van der Waals surface area contributed by atoms with Crippen LogP contribution in [-0.2, 0) is 4.74 Å². The van der Waals surface area contributed by atoms with Crippen molar-refractivity contribution in [1.29, 1.82) is 0 Å². The maximum absolute atomic E-state index is 13.8. The fraction of sp³-hybridized carbons (Fsp3) is 0.500. The lowest BCUT2D eigenvalue weighted by Crippen LogP contribution is -2.38. The van der Waals surface area contributed by atoms with Crippen LogP contribution in [0.2, 0.25) is 0 Å². The number of hydrogen-bond donors (Lipinski definition) is 0. The summed E-state index contributed by atoms with van der Waals surface area (Å²) < 4.78 is 33.3. The smallest absolute Gasteiger partial charge is 0.150 e. The highest BCUT2D eigenvalue weighted by Gasteiger charge is 2.47. The van der Waals surface area contributed by atoms with Crippen molar-refractivity contribution in [2.24, 2.45) is 0 Å². The Morgan fingerprint density at radius 3 is 2.18 bits per heavy atom. The lowest BCUT2D eigenvalue weighted by Gasteiger charge is -2.32. The molecule has 1 aromatic rings. The number of anilines is 1. The second-order valence-corrected chi connectivity index (χ2v) is 5.59. The molecule has 0 atom stereocenters. The molecule has 2 saturated heterocycles. The number of ether oxygens (including phenoxy) is 1. The molecule has 2 heterocycles. The summed E-state index contributed by atoms with van der Waals surface area (Å²) in [6, 6.07) is 2.60. The highest BCUT2D eigenvalue weighted by Crippen LogP contribution is 2.40. The summed E-state index contributed by atoms with van der Waals surface area (Å²) in [5.41, 5.74) is 0.113. The first-order chi connectivity index (χ1) is 8.10. The predicted molar refractivity (Wildman–Crippen MR) is 64.2 cm³/mol. The first kappa shape index (κ1) is 11.4. The number of piperidine rings is 1. The first-order valence-electron chi connectivity index (χ1n) is 5.63. The zero-order valence-corrected chi connectivity index (χ0v) is 10.8. The van der Waals surface area contributed by atoms with Crippen LogP contribution in [0.1, 0.15) is 12.8 Å². The molecular weight excluding hydrogens is 292 g/mol. The van der Waals surface area contributed by atoms with Crippen molar-refractivity contribution in [2.45, 2.75) is 18.4 Å². The monoisotopic (exact) mass is 303 g/mol. The van der Waals surface area contributed by atoms with Crippen LogP contribution in [0.15, 0.2) is 16.6 Å². The average molecular weight is 304 g/mol. The van der Waals surface area contributed by atoms with Crippen LogP contribution in [0.5, 0.6) is 0 Å². The molecule has 2 fully saturated rings. The van der Waals surface area contributed by atoms with Gasteiger partial charge in [-0.1, -0.05) is 15.9 Å². The molecule has 3 rings (SSSR count). The minimum atomic E-state index is -0.510. The quantitative estimate of drug-likeness (QED) is 0.741. The molecule has 17 heavy (non-hydrogen) atoms. The molecule has 0 saturated carbocycles. The second-order valence-electron chi connectivity index (χ2n) is 4.68. The molecule has 1 spiro atoms. The molecule has 5 heteroatoms. The molecule has 2 aliphatic rings. The summed E-state index contributed by atoms with van der Waals surface area (Å²) in [5, 5.41) is 0. The largest absolute Gasteiger partial charge is 0.369 e. The molecular formula is C12H12BrF2NO. The molecule has 1 aromatic carbocycles. The molecule has 0 aromatic heterocycles. The Labute approximate surface area is 107 Å². The number of hydrogen-bond acceptors (Lipinski definition) is 2. The van der Waals surface area contributed by atoms with E-state index >= 15 is 0 Å². The zero-order valence-electron chi connectivity index (χ0n) is 9.18. The minimum Gasteiger partial charge on any atom is -0.369 e. The standard InChI is InChI=1S/C12H12BrF2NO/c13-8-5-9(14)11(10(15)6-8)16-3-1-12(2-4-16)7-17-12/h5-6H,1-4,7H2. The summed E-state index contributed by atoms with van der Waals surface area (Å²) in [6.07, 6.45) is 1.70. The number of epoxide rings is 1. The highest BCUT2D eigenvalue weighted by atomic mass is 79.9. The van der Waals surface area contributed by atoms with Gasteiger partial charge in [-0.2, -0.15) is 0 Å². The lowest BCUT2D eigenvalue weighted by atomic mass is 9.97. The van der Waals surface area contributed by atoms with Gasteiger partial charge in [-0.25, -0.2) is 8.78 Å². The molecule has 2 aliphatic heterocycles. The van der Waals surface area contributed by atoms with Gasteiger partial charge in [-0.05, 0) is 25.0 Å². The number of benzene rings is 1. The van der Waals surface area contributed by atoms with Gasteiger partial charge in [0.1, 0.15) is 5.69 Å². The van der Waals surface area contributed by atoms with Crippen LogP contribution in [0, 0.1) is 11.6 Å². The van der Waals surface area contributed by atoms with Gasteiger partial charge >= 0.3 is 0 Å². The van der Waals surface area contributed by atoms with E-state index in [0.717, 1.165) is 19.4 Å². The van der Waals surface area contributed by atoms with Crippen molar-refractivity contribution in [1.82, 2.24) is 0 Å². The Kier molecular flexibility index (Phi) is 2.63. The van der Waals surface area contributed by atoms with Gasteiger partial charge in [0.2, 0.25) is 0 Å². The first-order valence-corrected chi connectivity index (χ1v) is 6.42. The molecule has 2 nitrogen and oxygen atoms in total. The van der Waals surface area contributed by atoms with E-state index < -0.39 is 11.6 Å². The van der Waals surface area contributed by atoms with Crippen LogP contribution in [0.3, 0.4) is 0 Å². The topological polar surface area (TPSA) is 15.8 Å². The van der Waals surface area contributed by atoms with Crippen molar-refractivity contribution < 1.29 is 13.5 Å². The zero-order chi connectivity index (χ0) is 12.0. The number of nitrogens with zero attached hydrogens (tertiary/aromatic N) is 1. The SMILES string of the molecule is Fc1cc(Br)cc(F)c1N1CCC2(CC1)CO2. The van der Waals surface area contributed by atoms with E-state index in [-0.39, 0.29) is 11.3 Å². The predicted octanol–water partition coefficient (Wildman–Crippen LogP) is 3.10. The van der Waals surface area contributed by atoms with Gasteiger partial charge < -0.3 is 9.64 Å². The van der Waals surface area contributed by atoms with Gasteiger partial charge in [-0.15, -0.1) is 0 Å². The molecule has 0 bridgehead atoms. The minimum absolute atomic E-state index is 0.0266. The summed E-state index contributed by atoms with van der Waals surface area (Å²) in [5.74, 6) is -1.02. The number of halogens is 3. The molecule has 0 amide bonds. The molecule has 0 N–H and O–H groups in total. The summed E-state index contributed by atoms with van der Waals surface area (Å²) in [7, 11) is 0. The van der Waals surface area contributed by atoms with E-state index in [0.29, 0.717) is 17.6 Å². The molecule has 0 unspecified atom stereocenters. The van der Waals surface area contributed by atoms with E-state index in [1.54, 1.807) is 4.90 Å². The van der Waals surface area contributed by atoms with Gasteiger partial charge in [-0.3, -0.25) is 0 Å². The Morgan fingerprint density at radius 1 is 1.18 bits per heavy atom. The summed E-state index contributed by atoms with van der Waals surface area (Å²) >= 11 is 3.08. The maximum atomic E-state index is 13.8. The third-order valence-corrected chi connectivity index (χ3v) is 3.98. The third-order valence-electron chi connectivity index (χ3n) is 3.53. The Bertz CT molecular complexity index is 429. The van der Waals surface area contributed by atoms with Gasteiger partial charge in [0, 0.05) is 17.6 Å². The van der Waals surface area contributed by atoms with Crippen LogP contribution < -0.4 is 4.90 Å². The van der Waals surface area contributed by atoms with Crippen LogP contribution in [0.4, 0.5) is 14.5 Å². The Hall–Kier alpha value is -0.680. The van der Waals surface area contributed by atoms with E-state index in [9.17, 15) is 8.78 Å². The third kappa shape index (κ3) is 2.06. The Morgan fingerprint density at radius 2 is 1.71 bits per heavy atom. The van der Waals surface area contributed by atoms with Crippen molar-refractivity contribution in [3.8, 4) is 0 Å². The summed E-state index contributed by atoms with van der Waals surface area (Å²) in [4.78, 5) is 1.77. The highest BCUT2D eigenvalue weighted by molar-refractivity contribution is 9.10. The maximum Gasteiger partial charge on any atom is 0.150 e. The normalized spacial score (nSPS) is 21.9. The van der Waals surface area contributed by atoms with Crippen molar-refractivity contribution in [3.63, 3.8) is 0 Å². The van der Waals surface area contributed by atoms with E-state index in [2.05, 4.69) is 15.9 Å². The molecule has 0 aliphatic carbocycles. The van der Waals surface area contributed by atoms with Gasteiger partial charge in [0.05, 0.1) is 12.2 Å². The van der Waals surface area contributed by atoms with Crippen LogP contribution >= 0.6 is 15.9 Å².